The fourth-order valence-electron chi connectivity index (χ4n) is 4.04. The molecule has 1 aromatic carbocycles. The van der Waals surface area contributed by atoms with E-state index < -0.39 is 5.72 Å². The van der Waals surface area contributed by atoms with Crippen molar-refractivity contribution in [1.29, 1.82) is 0 Å². The number of hydrogen-bond donors (Lipinski definition) is 0. The van der Waals surface area contributed by atoms with Gasteiger partial charge < -0.3 is 14.5 Å². The van der Waals surface area contributed by atoms with Gasteiger partial charge in [-0.15, -0.1) is 0 Å². The van der Waals surface area contributed by atoms with Crippen LogP contribution in [0.25, 0.3) is 0 Å². The molecular weight excluding hydrogens is 268 g/mol. The van der Waals surface area contributed by atoms with E-state index in [-0.39, 0.29) is 24.0 Å². The van der Waals surface area contributed by atoms with Gasteiger partial charge in [0.25, 0.3) is 0 Å². The first-order valence-corrected chi connectivity index (χ1v) is 7.42. The molecule has 0 radical (unpaired) electrons. The number of likely N-dealkylation sites (tertiary alicyclic amines) is 1. The summed E-state index contributed by atoms with van der Waals surface area (Å²) in [6.07, 6.45) is 1.01. The molecule has 0 saturated carbocycles. The third kappa shape index (κ3) is 1.67. The summed E-state index contributed by atoms with van der Waals surface area (Å²) < 4.78 is 6.35. The van der Waals surface area contributed by atoms with E-state index in [0.29, 0.717) is 25.9 Å². The van der Waals surface area contributed by atoms with E-state index in [1.54, 1.807) is 11.8 Å². The monoisotopic (exact) mass is 286 g/mol. The van der Waals surface area contributed by atoms with Gasteiger partial charge in [0.05, 0.1) is 19.0 Å². The lowest BCUT2D eigenvalue weighted by molar-refractivity contribution is -0.142. The maximum Gasteiger partial charge on any atom is 0.227 e. The molecule has 5 heteroatoms. The molecule has 3 atom stereocenters. The van der Waals surface area contributed by atoms with Crippen molar-refractivity contribution in [1.82, 2.24) is 9.80 Å². The minimum atomic E-state index is -0.594. The molecule has 4 rings (SSSR count). The Morgan fingerprint density at radius 1 is 1.33 bits per heavy atom. The van der Waals surface area contributed by atoms with Gasteiger partial charge in [0.2, 0.25) is 11.8 Å². The largest absolute Gasteiger partial charge is 0.343 e. The molecule has 3 aliphatic rings. The molecule has 2 amide bonds. The Balaban J connectivity index is 1.67. The molecule has 5 nitrogen and oxygen atoms in total. The Hall–Kier alpha value is -1.88. The Morgan fingerprint density at radius 2 is 2.10 bits per heavy atom. The van der Waals surface area contributed by atoms with Crippen LogP contribution in [-0.2, 0) is 14.3 Å². The smallest absolute Gasteiger partial charge is 0.227 e. The molecular formula is C16H18N2O3. The van der Waals surface area contributed by atoms with Crippen LogP contribution in [0, 0.1) is 0 Å². The van der Waals surface area contributed by atoms with E-state index in [2.05, 4.69) is 0 Å². The summed E-state index contributed by atoms with van der Waals surface area (Å²) >= 11 is 0. The van der Waals surface area contributed by atoms with Crippen molar-refractivity contribution in [3.05, 3.63) is 35.9 Å². The molecule has 0 unspecified atom stereocenters. The Bertz CT molecular complexity index is 603. The lowest BCUT2D eigenvalue weighted by atomic mass is 10.1. The van der Waals surface area contributed by atoms with Crippen molar-refractivity contribution in [2.45, 2.75) is 37.6 Å². The van der Waals surface area contributed by atoms with Crippen LogP contribution in [0.1, 0.15) is 31.4 Å². The van der Waals surface area contributed by atoms with Gasteiger partial charge in [0, 0.05) is 19.9 Å². The lowest BCUT2D eigenvalue weighted by Gasteiger charge is -2.31. The van der Waals surface area contributed by atoms with E-state index in [0.717, 1.165) is 5.56 Å². The van der Waals surface area contributed by atoms with Crippen molar-refractivity contribution in [2.24, 2.45) is 0 Å². The summed E-state index contributed by atoms with van der Waals surface area (Å²) in [4.78, 5) is 27.7. The Labute approximate surface area is 123 Å². The van der Waals surface area contributed by atoms with Gasteiger partial charge in [-0.1, -0.05) is 30.3 Å². The van der Waals surface area contributed by atoms with Crippen molar-refractivity contribution < 1.29 is 14.3 Å². The van der Waals surface area contributed by atoms with Gasteiger partial charge in [-0.25, -0.2) is 0 Å². The third-order valence-electron chi connectivity index (χ3n) is 5.00. The highest BCUT2D eigenvalue weighted by Crippen LogP contribution is 2.50. The number of hydrogen-bond acceptors (Lipinski definition) is 3. The van der Waals surface area contributed by atoms with Crippen LogP contribution in [0.15, 0.2) is 30.3 Å². The SMILES string of the molecule is CC(=O)N1CC[C@@]23O[C@@H](c4ccccc4)CN2C(=O)C[C@@H]13. The highest BCUT2D eigenvalue weighted by atomic mass is 16.5. The molecule has 0 aliphatic carbocycles. The first-order chi connectivity index (χ1) is 10.1. The first-order valence-electron chi connectivity index (χ1n) is 7.42. The fraction of sp³-hybridized carbons (Fsp3) is 0.500. The molecule has 1 aromatic rings. The summed E-state index contributed by atoms with van der Waals surface area (Å²) in [6.45, 7) is 2.83. The second-order valence-electron chi connectivity index (χ2n) is 6.05. The first kappa shape index (κ1) is 12.8. The molecule has 3 saturated heterocycles. The quantitative estimate of drug-likeness (QED) is 0.782. The molecule has 21 heavy (non-hydrogen) atoms. The molecule has 3 fully saturated rings. The highest BCUT2D eigenvalue weighted by Gasteiger charge is 2.64. The van der Waals surface area contributed by atoms with Gasteiger partial charge in [-0.05, 0) is 5.56 Å². The number of carbonyl (C=O) groups is 2. The van der Waals surface area contributed by atoms with Crippen molar-refractivity contribution in [2.75, 3.05) is 13.1 Å². The predicted molar refractivity (Wildman–Crippen MR) is 75.1 cm³/mol. The number of benzene rings is 1. The van der Waals surface area contributed by atoms with Crippen molar-refractivity contribution >= 4 is 11.8 Å². The van der Waals surface area contributed by atoms with Crippen LogP contribution in [-0.4, -0.2) is 46.5 Å². The van der Waals surface area contributed by atoms with Gasteiger partial charge in [0.15, 0.2) is 5.72 Å². The molecule has 0 aromatic heterocycles. The Kier molecular flexibility index (Phi) is 2.63. The average molecular weight is 286 g/mol. The van der Waals surface area contributed by atoms with Crippen LogP contribution in [0.5, 0.6) is 0 Å². The maximum absolute atomic E-state index is 12.3. The minimum Gasteiger partial charge on any atom is -0.343 e. The van der Waals surface area contributed by atoms with Crippen molar-refractivity contribution in [3.8, 4) is 0 Å². The van der Waals surface area contributed by atoms with Gasteiger partial charge >= 0.3 is 0 Å². The van der Waals surface area contributed by atoms with Crippen LogP contribution < -0.4 is 0 Å². The second-order valence-corrected chi connectivity index (χ2v) is 6.05. The predicted octanol–water partition coefficient (Wildman–Crippen LogP) is 1.31. The fourth-order valence-corrected chi connectivity index (χ4v) is 4.04. The maximum atomic E-state index is 12.3. The van der Waals surface area contributed by atoms with Gasteiger partial charge in [-0.2, -0.15) is 0 Å². The molecule has 1 spiro atoms. The van der Waals surface area contributed by atoms with E-state index in [4.69, 9.17) is 4.74 Å². The highest BCUT2D eigenvalue weighted by molar-refractivity contribution is 5.84. The van der Waals surface area contributed by atoms with E-state index in [1.165, 1.54) is 0 Å². The number of amides is 2. The number of nitrogens with zero attached hydrogens (tertiary/aromatic N) is 2. The van der Waals surface area contributed by atoms with E-state index in [9.17, 15) is 9.59 Å². The van der Waals surface area contributed by atoms with E-state index in [1.807, 2.05) is 35.2 Å². The summed E-state index contributed by atoms with van der Waals surface area (Å²) in [5.74, 6) is 0.127. The van der Waals surface area contributed by atoms with Gasteiger partial charge in [-0.3, -0.25) is 9.59 Å². The third-order valence-corrected chi connectivity index (χ3v) is 5.00. The zero-order valence-electron chi connectivity index (χ0n) is 12.0. The molecule has 3 heterocycles. The van der Waals surface area contributed by atoms with Gasteiger partial charge in [0.1, 0.15) is 6.10 Å². The van der Waals surface area contributed by atoms with Crippen LogP contribution in [0.2, 0.25) is 0 Å². The molecule has 110 valence electrons. The zero-order valence-corrected chi connectivity index (χ0v) is 12.0. The molecule has 0 bridgehead atoms. The van der Waals surface area contributed by atoms with Crippen LogP contribution in [0.4, 0.5) is 0 Å². The zero-order chi connectivity index (χ0) is 14.6. The minimum absolute atomic E-state index is 0.0262. The summed E-state index contributed by atoms with van der Waals surface area (Å²) in [5.41, 5.74) is 0.498. The Morgan fingerprint density at radius 3 is 2.81 bits per heavy atom. The van der Waals surface area contributed by atoms with Crippen LogP contribution >= 0.6 is 0 Å². The second kappa shape index (κ2) is 4.31. The topological polar surface area (TPSA) is 49.9 Å². The summed E-state index contributed by atoms with van der Waals surface area (Å²) in [6, 6.07) is 9.86. The van der Waals surface area contributed by atoms with Crippen LogP contribution in [0.3, 0.4) is 0 Å². The normalized spacial score (nSPS) is 34.2. The van der Waals surface area contributed by atoms with E-state index >= 15 is 0 Å². The molecule has 3 aliphatic heterocycles. The lowest BCUT2D eigenvalue weighted by Crippen LogP contribution is -2.48. The summed E-state index contributed by atoms with van der Waals surface area (Å²) in [5, 5.41) is 0. The molecule has 0 N–H and O–H groups in total. The average Bonchev–Trinajstić information content (AvgIpc) is 3.09. The number of rotatable bonds is 1. The van der Waals surface area contributed by atoms with Crippen molar-refractivity contribution in [3.63, 3.8) is 0 Å². The standard InChI is InChI=1S/C16H18N2O3/c1-11(19)17-8-7-16-14(17)9-15(20)18(16)10-13(21-16)12-5-3-2-4-6-12/h2-6,13-14H,7-10H2,1H3/t13-,14-,16+/m1/s1. The number of ether oxygens (including phenoxy) is 1. The summed E-state index contributed by atoms with van der Waals surface area (Å²) in [7, 11) is 0. The number of carbonyl (C=O) groups excluding carboxylic acids is 2.